The number of benzene rings is 1. The van der Waals surface area contributed by atoms with Crippen molar-refractivity contribution in [2.45, 2.75) is 78.6 Å². The summed E-state index contributed by atoms with van der Waals surface area (Å²) >= 11 is 1.76. The van der Waals surface area contributed by atoms with Gasteiger partial charge in [-0.05, 0) is 0 Å². The van der Waals surface area contributed by atoms with E-state index in [0.29, 0.717) is 0 Å². The van der Waals surface area contributed by atoms with Crippen LogP contribution in [0.2, 0.25) is 0 Å². The van der Waals surface area contributed by atoms with Gasteiger partial charge in [0.05, 0.1) is 0 Å². The van der Waals surface area contributed by atoms with E-state index in [0.717, 1.165) is 0 Å². The standard InChI is InChI=1S/C18H31As/c1-16(2,3)12-10-13(17(4,5)6)15(19)14(11-12)18(7,8)9/h10-11H,19H2,1-9H3. The summed E-state index contributed by atoms with van der Waals surface area (Å²) in [6.07, 6.45) is 0. The third-order valence-electron chi connectivity index (χ3n) is 3.66. The van der Waals surface area contributed by atoms with Crippen molar-refractivity contribution in [3.05, 3.63) is 28.8 Å². The van der Waals surface area contributed by atoms with E-state index in [1.54, 1.807) is 16.9 Å². The van der Waals surface area contributed by atoms with Gasteiger partial charge < -0.3 is 0 Å². The van der Waals surface area contributed by atoms with E-state index < -0.39 is 0 Å². The predicted molar refractivity (Wildman–Crippen MR) is 90.7 cm³/mol. The van der Waals surface area contributed by atoms with Gasteiger partial charge in [-0.1, -0.05) is 0 Å². The summed E-state index contributed by atoms with van der Waals surface area (Å²) in [5.41, 5.74) is 5.14. The molecule has 19 heavy (non-hydrogen) atoms. The summed E-state index contributed by atoms with van der Waals surface area (Å²) in [4.78, 5) is 0. The van der Waals surface area contributed by atoms with Crippen LogP contribution in [0.25, 0.3) is 0 Å². The fourth-order valence-corrected chi connectivity index (χ4v) is 4.49. The SMILES string of the molecule is CC(C)(C)c1cc(C(C)(C)C)c([AsH2])c(C(C)(C)C)c1. The molecule has 0 amide bonds. The van der Waals surface area contributed by atoms with Gasteiger partial charge in [-0.25, -0.2) is 0 Å². The van der Waals surface area contributed by atoms with Crippen LogP contribution in [0, 0.1) is 0 Å². The van der Waals surface area contributed by atoms with Crippen molar-refractivity contribution >= 4 is 21.2 Å². The van der Waals surface area contributed by atoms with Gasteiger partial charge in [-0.2, -0.15) is 0 Å². The molecule has 1 aromatic rings. The Morgan fingerprint density at radius 2 is 0.947 bits per heavy atom. The molecule has 0 aliphatic rings. The van der Waals surface area contributed by atoms with Crippen molar-refractivity contribution in [3.63, 3.8) is 0 Å². The molecule has 0 radical (unpaired) electrons. The third-order valence-corrected chi connectivity index (χ3v) is 4.97. The normalized spacial score (nSPS) is 13.8. The van der Waals surface area contributed by atoms with E-state index in [1.165, 1.54) is 21.0 Å². The minimum absolute atomic E-state index is 0.209. The van der Waals surface area contributed by atoms with Crippen molar-refractivity contribution in [1.82, 2.24) is 0 Å². The monoisotopic (exact) mass is 322 g/mol. The second-order valence-electron chi connectivity index (χ2n) is 8.74. The maximum absolute atomic E-state index is 2.44. The molecule has 0 spiro atoms. The zero-order chi connectivity index (χ0) is 15.2. The van der Waals surface area contributed by atoms with Crippen molar-refractivity contribution in [2.75, 3.05) is 0 Å². The van der Waals surface area contributed by atoms with Gasteiger partial charge in [-0.15, -0.1) is 0 Å². The Balaban J connectivity index is 3.68. The summed E-state index contributed by atoms with van der Waals surface area (Å²) in [6, 6.07) is 4.87. The molecule has 0 aliphatic carbocycles. The molecule has 1 rings (SSSR count). The molecule has 0 nitrogen and oxygen atoms in total. The van der Waals surface area contributed by atoms with Gasteiger partial charge in [0.15, 0.2) is 0 Å². The molecule has 1 heteroatoms. The average molecular weight is 322 g/mol. The Hall–Kier alpha value is -0.222. The van der Waals surface area contributed by atoms with Crippen LogP contribution in [0.1, 0.15) is 79.0 Å². The summed E-state index contributed by atoms with van der Waals surface area (Å²) in [7, 11) is 0. The van der Waals surface area contributed by atoms with E-state index >= 15 is 0 Å². The van der Waals surface area contributed by atoms with E-state index in [1.807, 2.05) is 0 Å². The van der Waals surface area contributed by atoms with Crippen molar-refractivity contribution in [2.24, 2.45) is 0 Å². The molecule has 0 heterocycles. The van der Waals surface area contributed by atoms with Crippen LogP contribution in [0.4, 0.5) is 0 Å². The topological polar surface area (TPSA) is 0 Å². The maximum atomic E-state index is 2.44. The van der Waals surface area contributed by atoms with Gasteiger partial charge >= 0.3 is 129 Å². The molecule has 0 bridgehead atoms. The van der Waals surface area contributed by atoms with Crippen LogP contribution < -0.4 is 4.35 Å². The third kappa shape index (κ3) is 3.88. The zero-order valence-electron chi connectivity index (χ0n) is 14.2. The van der Waals surface area contributed by atoms with Gasteiger partial charge in [0.25, 0.3) is 0 Å². The predicted octanol–water partition coefficient (Wildman–Crippen LogP) is 3.84. The van der Waals surface area contributed by atoms with Crippen LogP contribution in [0.5, 0.6) is 0 Å². The van der Waals surface area contributed by atoms with Crippen LogP contribution in [-0.4, -0.2) is 16.9 Å². The van der Waals surface area contributed by atoms with Crippen LogP contribution in [0.15, 0.2) is 12.1 Å². The van der Waals surface area contributed by atoms with E-state index in [4.69, 9.17) is 0 Å². The quantitative estimate of drug-likeness (QED) is 0.637. The summed E-state index contributed by atoms with van der Waals surface area (Å²) < 4.78 is 1.53. The molecule has 0 saturated carbocycles. The van der Waals surface area contributed by atoms with E-state index in [2.05, 4.69) is 74.4 Å². The molecule has 0 aliphatic heterocycles. The van der Waals surface area contributed by atoms with Crippen LogP contribution >= 0.6 is 0 Å². The van der Waals surface area contributed by atoms with Crippen LogP contribution in [0.3, 0.4) is 0 Å². The van der Waals surface area contributed by atoms with Crippen LogP contribution in [-0.2, 0) is 16.2 Å². The number of rotatable bonds is 0. The van der Waals surface area contributed by atoms with Gasteiger partial charge in [0, 0.05) is 0 Å². The average Bonchev–Trinajstić information content (AvgIpc) is 2.11. The molecule has 0 aromatic heterocycles. The Kier molecular flexibility index (Phi) is 4.39. The first kappa shape index (κ1) is 16.8. The number of hydrogen-bond acceptors (Lipinski definition) is 0. The molecule has 1 atom stereocenters. The second kappa shape index (κ2) is 4.96. The Labute approximate surface area is 128 Å². The van der Waals surface area contributed by atoms with Gasteiger partial charge in [0.2, 0.25) is 0 Å². The Morgan fingerprint density at radius 3 is 1.16 bits per heavy atom. The molecule has 0 N–H and O–H groups in total. The molecule has 108 valence electrons. The molecule has 0 fully saturated rings. The van der Waals surface area contributed by atoms with Gasteiger partial charge in [0.1, 0.15) is 0 Å². The molecular formula is C18H31As. The van der Waals surface area contributed by atoms with Gasteiger partial charge in [-0.3, -0.25) is 0 Å². The molecule has 0 saturated heterocycles. The van der Waals surface area contributed by atoms with Crippen molar-refractivity contribution < 1.29 is 0 Å². The first-order valence-corrected chi connectivity index (χ1v) is 8.40. The van der Waals surface area contributed by atoms with Crippen molar-refractivity contribution in [1.29, 1.82) is 0 Å². The van der Waals surface area contributed by atoms with E-state index in [9.17, 15) is 0 Å². The second-order valence-corrected chi connectivity index (χ2v) is 9.95. The number of hydrogen-bond donors (Lipinski definition) is 0. The summed E-state index contributed by atoms with van der Waals surface area (Å²) in [6.45, 7) is 20.9. The fraction of sp³-hybridized carbons (Fsp3) is 0.667. The van der Waals surface area contributed by atoms with Crippen molar-refractivity contribution in [3.8, 4) is 0 Å². The Morgan fingerprint density at radius 1 is 0.632 bits per heavy atom. The molecule has 1 aromatic carbocycles. The Bertz CT molecular complexity index is 427. The molecular weight excluding hydrogens is 291 g/mol. The fourth-order valence-electron chi connectivity index (χ4n) is 2.33. The minimum atomic E-state index is 0.209. The first-order valence-electron chi connectivity index (χ1n) is 7.19. The molecule has 1 unspecified atom stereocenters. The first-order chi connectivity index (χ1) is 8.24. The summed E-state index contributed by atoms with van der Waals surface area (Å²) in [5, 5.41) is 0. The zero-order valence-corrected chi connectivity index (χ0v) is 16.7. The summed E-state index contributed by atoms with van der Waals surface area (Å²) in [5.74, 6) is 0. The van der Waals surface area contributed by atoms with E-state index in [-0.39, 0.29) is 16.2 Å².